The van der Waals surface area contributed by atoms with Crippen LogP contribution in [0.2, 0.25) is 0 Å². The molecule has 0 heterocycles. The Labute approximate surface area is 137 Å². The molecule has 1 atom stereocenters. The van der Waals surface area contributed by atoms with Gasteiger partial charge in [0.25, 0.3) is 0 Å². The standard InChI is InChI=1S/C15H24FN3O3S/c1-4-23(20,21)10-9-18-15(17-3)19-11-12(2)22-14-8-6-5-7-13(14)16/h5-8,12H,4,9-11H2,1-3H3,(H2,17,18,19). The first kappa shape index (κ1) is 19.2. The maximum Gasteiger partial charge on any atom is 0.191 e. The van der Waals surface area contributed by atoms with Gasteiger partial charge in [-0.1, -0.05) is 19.1 Å². The van der Waals surface area contributed by atoms with Crippen molar-refractivity contribution in [2.45, 2.75) is 20.0 Å². The van der Waals surface area contributed by atoms with Gasteiger partial charge in [0.15, 0.2) is 27.4 Å². The molecule has 8 heteroatoms. The van der Waals surface area contributed by atoms with Crippen molar-refractivity contribution in [3.63, 3.8) is 0 Å². The summed E-state index contributed by atoms with van der Waals surface area (Å²) in [6.45, 7) is 4.09. The SMILES string of the molecule is CCS(=O)(=O)CCNC(=NC)NCC(C)Oc1ccccc1F. The largest absolute Gasteiger partial charge is 0.486 e. The van der Waals surface area contributed by atoms with E-state index in [1.807, 2.05) is 0 Å². The molecule has 0 aromatic heterocycles. The van der Waals surface area contributed by atoms with Crippen LogP contribution in [0.3, 0.4) is 0 Å². The summed E-state index contributed by atoms with van der Waals surface area (Å²) >= 11 is 0. The molecule has 6 nitrogen and oxygen atoms in total. The van der Waals surface area contributed by atoms with E-state index in [-0.39, 0.29) is 29.9 Å². The lowest BCUT2D eigenvalue weighted by Gasteiger charge is -2.18. The van der Waals surface area contributed by atoms with E-state index in [4.69, 9.17) is 4.74 Å². The molecule has 0 spiro atoms. The molecule has 2 N–H and O–H groups in total. The summed E-state index contributed by atoms with van der Waals surface area (Å²) in [6.07, 6.45) is -0.287. The average molecular weight is 345 g/mol. The number of sulfone groups is 1. The van der Waals surface area contributed by atoms with Crippen LogP contribution < -0.4 is 15.4 Å². The van der Waals surface area contributed by atoms with Crippen LogP contribution in [0.25, 0.3) is 0 Å². The van der Waals surface area contributed by atoms with Gasteiger partial charge in [0.1, 0.15) is 6.10 Å². The van der Waals surface area contributed by atoms with Gasteiger partial charge >= 0.3 is 0 Å². The van der Waals surface area contributed by atoms with Gasteiger partial charge in [-0.25, -0.2) is 12.8 Å². The fraction of sp³-hybridized carbons (Fsp3) is 0.533. The highest BCUT2D eigenvalue weighted by Crippen LogP contribution is 2.16. The number of halogens is 1. The van der Waals surface area contributed by atoms with Crippen molar-refractivity contribution >= 4 is 15.8 Å². The lowest BCUT2D eigenvalue weighted by atomic mass is 10.3. The summed E-state index contributed by atoms with van der Waals surface area (Å²) in [4.78, 5) is 4.00. The molecule has 0 radical (unpaired) electrons. The predicted molar refractivity (Wildman–Crippen MR) is 90.2 cm³/mol. The first-order chi connectivity index (χ1) is 10.9. The Morgan fingerprint density at radius 1 is 1.35 bits per heavy atom. The zero-order valence-corrected chi connectivity index (χ0v) is 14.5. The van der Waals surface area contributed by atoms with Gasteiger partial charge in [0.05, 0.1) is 12.3 Å². The maximum absolute atomic E-state index is 13.5. The molecule has 0 aliphatic heterocycles. The van der Waals surface area contributed by atoms with E-state index in [0.717, 1.165) is 0 Å². The topological polar surface area (TPSA) is 79.8 Å². The van der Waals surface area contributed by atoms with Gasteiger partial charge in [0, 0.05) is 19.3 Å². The van der Waals surface area contributed by atoms with E-state index in [1.165, 1.54) is 6.07 Å². The molecule has 1 rings (SSSR count). The summed E-state index contributed by atoms with van der Waals surface area (Å²) in [6, 6.07) is 6.20. The molecule has 0 aliphatic carbocycles. The highest BCUT2D eigenvalue weighted by atomic mass is 32.2. The predicted octanol–water partition coefficient (Wildman–Crippen LogP) is 1.19. The molecule has 1 aromatic rings. The van der Waals surface area contributed by atoms with Crippen molar-refractivity contribution in [1.29, 1.82) is 0 Å². The number of nitrogens with zero attached hydrogens (tertiary/aromatic N) is 1. The van der Waals surface area contributed by atoms with Gasteiger partial charge in [-0.15, -0.1) is 0 Å². The third-order valence-electron chi connectivity index (χ3n) is 3.09. The Kier molecular flexibility index (Phi) is 7.80. The number of benzene rings is 1. The summed E-state index contributed by atoms with van der Waals surface area (Å²) in [5, 5.41) is 5.93. The Hall–Kier alpha value is -1.83. The van der Waals surface area contributed by atoms with Gasteiger partial charge in [-0.2, -0.15) is 0 Å². The summed E-state index contributed by atoms with van der Waals surface area (Å²) < 4.78 is 41.8. The quantitative estimate of drug-likeness (QED) is 0.547. The number of para-hydroxylation sites is 1. The molecular weight excluding hydrogens is 321 g/mol. The van der Waals surface area contributed by atoms with Crippen LogP contribution in [0, 0.1) is 5.82 Å². The molecule has 0 fully saturated rings. The molecule has 0 aliphatic rings. The third-order valence-corrected chi connectivity index (χ3v) is 4.80. The van der Waals surface area contributed by atoms with E-state index in [9.17, 15) is 12.8 Å². The molecular formula is C15H24FN3O3S. The fourth-order valence-corrected chi connectivity index (χ4v) is 2.43. The highest BCUT2D eigenvalue weighted by Gasteiger charge is 2.10. The average Bonchev–Trinajstić information content (AvgIpc) is 2.53. The minimum atomic E-state index is -3.01. The molecule has 23 heavy (non-hydrogen) atoms. The highest BCUT2D eigenvalue weighted by molar-refractivity contribution is 7.91. The van der Waals surface area contributed by atoms with Crippen LogP contribution in [0.1, 0.15) is 13.8 Å². The minimum Gasteiger partial charge on any atom is -0.486 e. The van der Waals surface area contributed by atoms with Gasteiger partial charge in [-0.05, 0) is 19.1 Å². The number of hydrogen-bond donors (Lipinski definition) is 2. The van der Waals surface area contributed by atoms with E-state index in [2.05, 4.69) is 15.6 Å². The van der Waals surface area contributed by atoms with Crippen LogP contribution in [0.4, 0.5) is 4.39 Å². The number of ether oxygens (including phenoxy) is 1. The monoisotopic (exact) mass is 345 g/mol. The second-order valence-electron chi connectivity index (χ2n) is 4.98. The van der Waals surface area contributed by atoms with E-state index in [1.54, 1.807) is 39.1 Å². The molecule has 130 valence electrons. The smallest absolute Gasteiger partial charge is 0.191 e. The van der Waals surface area contributed by atoms with E-state index >= 15 is 0 Å². The lowest BCUT2D eigenvalue weighted by Crippen LogP contribution is -2.43. The Morgan fingerprint density at radius 2 is 2.04 bits per heavy atom. The normalized spacial score (nSPS) is 13.5. The summed E-state index contributed by atoms with van der Waals surface area (Å²) in [5.41, 5.74) is 0. The lowest BCUT2D eigenvalue weighted by molar-refractivity contribution is 0.214. The number of aliphatic imine (C=N–C) groups is 1. The van der Waals surface area contributed by atoms with E-state index < -0.39 is 15.7 Å². The Morgan fingerprint density at radius 3 is 2.65 bits per heavy atom. The van der Waals surface area contributed by atoms with Crippen LogP contribution >= 0.6 is 0 Å². The van der Waals surface area contributed by atoms with Crippen LogP contribution in [0.15, 0.2) is 29.3 Å². The first-order valence-corrected chi connectivity index (χ1v) is 9.26. The van der Waals surface area contributed by atoms with Gasteiger partial charge < -0.3 is 15.4 Å². The van der Waals surface area contributed by atoms with Crippen molar-refractivity contribution in [3.05, 3.63) is 30.1 Å². The van der Waals surface area contributed by atoms with Crippen molar-refractivity contribution in [1.82, 2.24) is 10.6 Å². The zero-order chi connectivity index (χ0) is 17.3. The Bertz CT molecular complexity index is 620. The van der Waals surface area contributed by atoms with Gasteiger partial charge in [0.2, 0.25) is 0 Å². The van der Waals surface area contributed by atoms with Crippen molar-refractivity contribution in [2.24, 2.45) is 4.99 Å². The second kappa shape index (κ2) is 9.34. The minimum absolute atomic E-state index is 0.0471. The van der Waals surface area contributed by atoms with Crippen molar-refractivity contribution in [2.75, 3.05) is 31.6 Å². The van der Waals surface area contributed by atoms with Crippen molar-refractivity contribution < 1.29 is 17.5 Å². The van der Waals surface area contributed by atoms with Crippen LogP contribution in [0.5, 0.6) is 5.75 Å². The molecule has 0 saturated heterocycles. The van der Waals surface area contributed by atoms with Crippen LogP contribution in [-0.2, 0) is 9.84 Å². The molecule has 0 bridgehead atoms. The molecule has 0 amide bonds. The number of nitrogens with one attached hydrogen (secondary N) is 2. The molecule has 1 unspecified atom stereocenters. The number of hydrogen-bond acceptors (Lipinski definition) is 4. The molecule has 1 aromatic carbocycles. The number of guanidine groups is 1. The first-order valence-electron chi connectivity index (χ1n) is 7.44. The van der Waals surface area contributed by atoms with Crippen molar-refractivity contribution in [3.8, 4) is 5.75 Å². The Balaban J connectivity index is 2.38. The third kappa shape index (κ3) is 7.32. The summed E-state index contributed by atoms with van der Waals surface area (Å²) in [5.74, 6) is 0.422. The zero-order valence-electron chi connectivity index (χ0n) is 13.7. The van der Waals surface area contributed by atoms with Crippen LogP contribution in [-0.4, -0.2) is 52.1 Å². The van der Waals surface area contributed by atoms with E-state index in [0.29, 0.717) is 12.5 Å². The fourth-order valence-electron chi connectivity index (χ4n) is 1.73. The maximum atomic E-state index is 13.5. The van der Waals surface area contributed by atoms with Gasteiger partial charge in [-0.3, -0.25) is 4.99 Å². The second-order valence-corrected chi connectivity index (χ2v) is 7.45. The summed E-state index contributed by atoms with van der Waals surface area (Å²) in [7, 11) is -1.42. The molecule has 0 saturated carbocycles. The number of rotatable bonds is 8.